The van der Waals surface area contributed by atoms with Gasteiger partial charge in [0.05, 0.1) is 23.8 Å². The van der Waals surface area contributed by atoms with Gasteiger partial charge in [0.1, 0.15) is 5.75 Å². The molecule has 1 aromatic rings. The number of non-ortho nitro benzene ring substituents is 1. The number of anilines is 1. The van der Waals surface area contributed by atoms with Gasteiger partial charge in [-0.25, -0.2) is 0 Å². The molecule has 0 bridgehead atoms. The molecule has 1 aliphatic heterocycles. The highest BCUT2D eigenvalue weighted by Crippen LogP contribution is 2.29. The Morgan fingerprint density at radius 1 is 1.30 bits per heavy atom. The fourth-order valence-corrected chi connectivity index (χ4v) is 2.79. The van der Waals surface area contributed by atoms with E-state index >= 15 is 0 Å². The van der Waals surface area contributed by atoms with E-state index in [9.17, 15) is 14.9 Å². The summed E-state index contributed by atoms with van der Waals surface area (Å²) in [5.74, 6) is 0.234. The Morgan fingerprint density at radius 3 is 2.52 bits per heavy atom. The van der Waals surface area contributed by atoms with Gasteiger partial charge in [-0.3, -0.25) is 19.8 Å². The lowest BCUT2D eigenvalue weighted by Crippen LogP contribution is -2.42. The summed E-state index contributed by atoms with van der Waals surface area (Å²) in [6, 6.07) is 3.89. The van der Waals surface area contributed by atoms with Crippen LogP contribution in [0.2, 0.25) is 0 Å². The van der Waals surface area contributed by atoms with Crippen molar-refractivity contribution in [2.75, 3.05) is 25.5 Å². The smallest absolute Gasteiger partial charge is 0.271 e. The van der Waals surface area contributed by atoms with Crippen LogP contribution in [0.15, 0.2) is 18.2 Å². The number of nitrogens with zero attached hydrogens (tertiary/aromatic N) is 2. The number of nitro benzene ring substituents is 1. The molecule has 7 nitrogen and oxygen atoms in total. The van der Waals surface area contributed by atoms with E-state index in [-0.39, 0.29) is 17.6 Å². The summed E-state index contributed by atoms with van der Waals surface area (Å²) in [5.41, 5.74) is 0.247. The third-order valence-electron chi connectivity index (χ3n) is 4.22. The van der Waals surface area contributed by atoms with Crippen LogP contribution in [0.5, 0.6) is 5.75 Å². The average Bonchev–Trinajstić information content (AvgIpc) is 2.83. The van der Waals surface area contributed by atoms with Crippen LogP contribution < -0.4 is 10.1 Å². The molecule has 0 saturated carbocycles. The number of benzene rings is 1. The molecule has 1 amide bonds. The van der Waals surface area contributed by atoms with Crippen molar-refractivity contribution in [1.82, 2.24) is 4.90 Å². The number of carbonyl (C=O) groups excluding carboxylic acids is 1. The van der Waals surface area contributed by atoms with Crippen LogP contribution in [0.4, 0.5) is 11.4 Å². The third-order valence-corrected chi connectivity index (χ3v) is 4.22. The molecule has 1 aromatic carbocycles. The number of rotatable bonds is 5. The summed E-state index contributed by atoms with van der Waals surface area (Å²) in [7, 11) is 1.47. The van der Waals surface area contributed by atoms with Crippen molar-refractivity contribution >= 4 is 17.3 Å². The molecule has 1 aliphatic rings. The van der Waals surface area contributed by atoms with Gasteiger partial charge in [0, 0.05) is 12.1 Å². The minimum atomic E-state index is -0.493. The summed E-state index contributed by atoms with van der Waals surface area (Å²) in [4.78, 5) is 25.1. The molecule has 1 atom stereocenters. The summed E-state index contributed by atoms with van der Waals surface area (Å²) >= 11 is 0. The topological polar surface area (TPSA) is 84.7 Å². The van der Waals surface area contributed by atoms with Crippen molar-refractivity contribution in [1.29, 1.82) is 0 Å². The van der Waals surface area contributed by atoms with Gasteiger partial charge in [-0.05, 0) is 38.9 Å². The Bertz CT molecular complexity index is 568. The number of nitro groups is 1. The highest BCUT2D eigenvalue weighted by Gasteiger charge is 2.23. The number of methoxy groups -OCH3 is 1. The first kappa shape index (κ1) is 17.2. The minimum Gasteiger partial charge on any atom is -0.495 e. The number of hydrogen-bond acceptors (Lipinski definition) is 5. The molecule has 0 aliphatic carbocycles. The van der Waals surface area contributed by atoms with Gasteiger partial charge in [0.2, 0.25) is 5.91 Å². The number of hydrogen-bond donors (Lipinski definition) is 1. The maximum absolute atomic E-state index is 12.5. The summed E-state index contributed by atoms with van der Waals surface area (Å²) in [6.07, 6.45) is 4.59. The van der Waals surface area contributed by atoms with Crippen LogP contribution in [0, 0.1) is 10.1 Å². The molecule has 0 aromatic heterocycles. The fourth-order valence-electron chi connectivity index (χ4n) is 2.79. The lowest BCUT2D eigenvalue weighted by Gasteiger charge is -2.26. The molecule has 7 heteroatoms. The van der Waals surface area contributed by atoms with Crippen molar-refractivity contribution in [3.8, 4) is 5.75 Å². The third kappa shape index (κ3) is 4.41. The van der Waals surface area contributed by atoms with E-state index in [1.54, 1.807) is 0 Å². The number of ether oxygens (including phenoxy) is 1. The molecule has 0 radical (unpaired) electrons. The molecule has 1 fully saturated rings. The average molecular weight is 321 g/mol. The lowest BCUT2D eigenvalue weighted by molar-refractivity contribution is -0.384. The van der Waals surface area contributed by atoms with Crippen molar-refractivity contribution in [2.45, 2.75) is 38.6 Å². The second kappa shape index (κ2) is 7.92. The predicted octanol–water partition coefficient (Wildman–Crippen LogP) is 2.81. The maximum Gasteiger partial charge on any atom is 0.271 e. The fraction of sp³-hybridized carbons (Fsp3) is 0.562. The standard InChI is InChI=1S/C16H23N3O4/c1-12(18-9-5-3-4-6-10-18)16(20)17-14-11-13(19(21)22)7-8-15(14)23-2/h7-8,11-12H,3-6,9-10H2,1-2H3,(H,17,20)/t12-/m1/s1. The number of amides is 1. The second-order valence-electron chi connectivity index (χ2n) is 5.76. The van der Waals surface area contributed by atoms with Gasteiger partial charge < -0.3 is 10.1 Å². The Kier molecular flexibility index (Phi) is 5.92. The van der Waals surface area contributed by atoms with Gasteiger partial charge in [-0.2, -0.15) is 0 Å². The van der Waals surface area contributed by atoms with Gasteiger partial charge in [0.25, 0.3) is 5.69 Å². The first-order chi connectivity index (χ1) is 11.0. The van der Waals surface area contributed by atoms with Crippen LogP contribution in [-0.2, 0) is 4.79 Å². The van der Waals surface area contributed by atoms with Crippen molar-refractivity contribution < 1.29 is 14.5 Å². The molecular weight excluding hydrogens is 298 g/mol. The first-order valence-corrected chi connectivity index (χ1v) is 7.90. The Balaban J connectivity index is 2.11. The van der Waals surface area contributed by atoms with E-state index in [1.807, 2.05) is 6.92 Å². The van der Waals surface area contributed by atoms with Crippen LogP contribution in [-0.4, -0.2) is 42.0 Å². The zero-order chi connectivity index (χ0) is 16.8. The molecule has 126 valence electrons. The molecule has 0 unspecified atom stereocenters. The first-order valence-electron chi connectivity index (χ1n) is 7.90. The van der Waals surface area contributed by atoms with E-state index in [0.29, 0.717) is 11.4 Å². The van der Waals surface area contributed by atoms with Gasteiger partial charge in [-0.1, -0.05) is 12.8 Å². The highest BCUT2D eigenvalue weighted by atomic mass is 16.6. The van der Waals surface area contributed by atoms with Crippen molar-refractivity contribution in [3.63, 3.8) is 0 Å². The largest absolute Gasteiger partial charge is 0.495 e. The predicted molar refractivity (Wildman–Crippen MR) is 87.8 cm³/mol. The number of carbonyl (C=O) groups is 1. The van der Waals surface area contributed by atoms with E-state index < -0.39 is 4.92 Å². The molecule has 1 saturated heterocycles. The molecule has 1 N–H and O–H groups in total. The minimum absolute atomic E-state index is 0.0801. The SMILES string of the molecule is COc1ccc([N+](=O)[O-])cc1NC(=O)[C@@H](C)N1CCCCCC1. The number of nitrogens with one attached hydrogen (secondary N) is 1. The summed E-state index contributed by atoms with van der Waals surface area (Å²) in [6.45, 7) is 3.67. The molecule has 1 heterocycles. The van der Waals surface area contributed by atoms with Crippen LogP contribution in [0.25, 0.3) is 0 Å². The highest BCUT2D eigenvalue weighted by molar-refractivity contribution is 5.96. The molecule has 0 spiro atoms. The van der Waals surface area contributed by atoms with E-state index in [1.165, 1.54) is 38.2 Å². The zero-order valence-electron chi connectivity index (χ0n) is 13.6. The molecular formula is C16H23N3O4. The monoisotopic (exact) mass is 321 g/mol. The second-order valence-corrected chi connectivity index (χ2v) is 5.76. The Morgan fingerprint density at radius 2 is 1.96 bits per heavy atom. The lowest BCUT2D eigenvalue weighted by atomic mass is 10.2. The summed E-state index contributed by atoms with van der Waals surface area (Å²) < 4.78 is 5.18. The van der Waals surface area contributed by atoms with Crippen LogP contribution in [0.1, 0.15) is 32.6 Å². The van der Waals surface area contributed by atoms with Crippen molar-refractivity contribution in [3.05, 3.63) is 28.3 Å². The zero-order valence-corrected chi connectivity index (χ0v) is 13.6. The van der Waals surface area contributed by atoms with E-state index in [2.05, 4.69) is 10.2 Å². The normalized spacial score (nSPS) is 17.1. The van der Waals surface area contributed by atoms with Gasteiger partial charge in [-0.15, -0.1) is 0 Å². The van der Waals surface area contributed by atoms with Crippen LogP contribution in [0.3, 0.4) is 0 Å². The van der Waals surface area contributed by atoms with Gasteiger partial charge in [0.15, 0.2) is 0 Å². The van der Waals surface area contributed by atoms with Crippen molar-refractivity contribution in [2.24, 2.45) is 0 Å². The summed E-state index contributed by atoms with van der Waals surface area (Å²) in [5, 5.41) is 13.7. The van der Waals surface area contributed by atoms with Gasteiger partial charge >= 0.3 is 0 Å². The number of likely N-dealkylation sites (tertiary alicyclic amines) is 1. The Labute approximate surface area is 135 Å². The van der Waals surface area contributed by atoms with Crippen LogP contribution >= 0.6 is 0 Å². The molecule has 23 heavy (non-hydrogen) atoms. The molecule has 2 rings (SSSR count). The van der Waals surface area contributed by atoms with E-state index in [4.69, 9.17) is 4.74 Å². The van der Waals surface area contributed by atoms with E-state index in [0.717, 1.165) is 25.9 Å². The maximum atomic E-state index is 12.5. The quantitative estimate of drug-likeness (QED) is 0.666. The Hall–Kier alpha value is -2.15.